The van der Waals surface area contributed by atoms with Crippen molar-refractivity contribution in [1.29, 1.82) is 0 Å². The van der Waals surface area contributed by atoms with Crippen molar-refractivity contribution in [2.45, 2.75) is 32.7 Å². The molecule has 1 heterocycles. The van der Waals surface area contributed by atoms with E-state index in [0.29, 0.717) is 6.54 Å². The molecule has 1 aromatic rings. The number of methoxy groups -OCH3 is 1. The van der Waals surface area contributed by atoms with Crippen LogP contribution in [0.4, 0.5) is 0 Å². The van der Waals surface area contributed by atoms with E-state index in [-0.39, 0.29) is 5.91 Å². The van der Waals surface area contributed by atoms with Crippen molar-refractivity contribution in [3.63, 3.8) is 0 Å². The minimum absolute atomic E-state index is 0.156. The van der Waals surface area contributed by atoms with Crippen LogP contribution in [-0.4, -0.2) is 49.5 Å². The maximum absolute atomic E-state index is 11.9. The summed E-state index contributed by atoms with van der Waals surface area (Å²) in [5, 5.41) is 0. The Morgan fingerprint density at radius 1 is 1.27 bits per heavy atom. The molecule has 1 aliphatic rings. The summed E-state index contributed by atoms with van der Waals surface area (Å²) in [7, 11) is 3.85. The molecule has 0 bridgehead atoms. The topological polar surface area (TPSA) is 32.8 Å². The Morgan fingerprint density at radius 3 is 2.45 bits per heavy atom. The Bertz CT molecular complexity index is 464. The van der Waals surface area contributed by atoms with Crippen LogP contribution in [0.3, 0.4) is 0 Å². The Labute approximate surface area is 134 Å². The van der Waals surface area contributed by atoms with Crippen LogP contribution in [0.15, 0.2) is 24.3 Å². The summed E-state index contributed by atoms with van der Waals surface area (Å²) in [6.07, 6.45) is 3.62. The zero-order valence-electron chi connectivity index (χ0n) is 14.0. The van der Waals surface area contributed by atoms with E-state index in [1.54, 1.807) is 14.0 Å². The fraction of sp³-hybridized carbons (Fsp3) is 0.611. The van der Waals surface area contributed by atoms with Gasteiger partial charge in [0.2, 0.25) is 5.91 Å². The molecule has 122 valence electrons. The highest BCUT2D eigenvalue weighted by Crippen LogP contribution is 2.20. The molecule has 1 fully saturated rings. The third-order valence-corrected chi connectivity index (χ3v) is 4.62. The highest BCUT2D eigenvalue weighted by Gasteiger charge is 2.18. The van der Waals surface area contributed by atoms with Crippen molar-refractivity contribution in [2.75, 3.05) is 33.8 Å². The predicted molar refractivity (Wildman–Crippen MR) is 88.9 cm³/mol. The number of piperidine rings is 1. The quantitative estimate of drug-likeness (QED) is 0.810. The van der Waals surface area contributed by atoms with E-state index in [9.17, 15) is 4.79 Å². The average molecular weight is 304 g/mol. The van der Waals surface area contributed by atoms with Crippen LogP contribution in [0.1, 0.15) is 31.7 Å². The zero-order chi connectivity index (χ0) is 15.9. The van der Waals surface area contributed by atoms with Gasteiger partial charge in [-0.1, -0.05) is 12.1 Å². The number of carbonyl (C=O) groups excluding carboxylic acids is 1. The van der Waals surface area contributed by atoms with Gasteiger partial charge in [-0.05, 0) is 63.0 Å². The number of hydrogen-bond acceptors (Lipinski definition) is 3. The second kappa shape index (κ2) is 8.18. The molecule has 1 aromatic carbocycles. The van der Waals surface area contributed by atoms with Crippen molar-refractivity contribution in [1.82, 2.24) is 9.80 Å². The molecule has 4 heteroatoms. The number of ether oxygens (including phenoxy) is 1. The van der Waals surface area contributed by atoms with Gasteiger partial charge in [-0.25, -0.2) is 0 Å². The SMILES string of the molecule is COc1ccc(CN(CCC2CCN(C)CC2)C(C)=O)cc1. The number of carbonyl (C=O) groups is 1. The number of likely N-dealkylation sites (tertiary alicyclic amines) is 1. The minimum atomic E-state index is 0.156. The van der Waals surface area contributed by atoms with Gasteiger partial charge in [0.1, 0.15) is 5.75 Å². The molecule has 22 heavy (non-hydrogen) atoms. The van der Waals surface area contributed by atoms with Crippen molar-refractivity contribution in [3.8, 4) is 5.75 Å². The molecule has 4 nitrogen and oxygen atoms in total. The largest absolute Gasteiger partial charge is 0.497 e. The molecule has 1 amide bonds. The van der Waals surface area contributed by atoms with E-state index in [1.165, 1.54) is 25.9 Å². The lowest BCUT2D eigenvalue weighted by Crippen LogP contribution is -2.34. The second-order valence-electron chi connectivity index (χ2n) is 6.32. The standard InChI is InChI=1S/C18H28N2O2/c1-15(21)20(13-10-16-8-11-19(2)12-9-16)14-17-4-6-18(22-3)7-5-17/h4-7,16H,8-14H2,1-3H3. The molecule has 0 aromatic heterocycles. The molecule has 2 rings (SSSR count). The van der Waals surface area contributed by atoms with Crippen molar-refractivity contribution < 1.29 is 9.53 Å². The number of benzene rings is 1. The van der Waals surface area contributed by atoms with Crippen LogP contribution >= 0.6 is 0 Å². The second-order valence-corrected chi connectivity index (χ2v) is 6.32. The summed E-state index contributed by atoms with van der Waals surface area (Å²) < 4.78 is 5.17. The first-order valence-electron chi connectivity index (χ1n) is 8.15. The van der Waals surface area contributed by atoms with Gasteiger partial charge in [-0.15, -0.1) is 0 Å². The summed E-state index contributed by atoms with van der Waals surface area (Å²) >= 11 is 0. The molecular formula is C18H28N2O2. The van der Waals surface area contributed by atoms with Gasteiger partial charge in [0.25, 0.3) is 0 Å². The van der Waals surface area contributed by atoms with E-state index in [4.69, 9.17) is 4.74 Å². The number of rotatable bonds is 6. The Morgan fingerprint density at radius 2 is 1.91 bits per heavy atom. The molecule has 0 unspecified atom stereocenters. The summed E-state index contributed by atoms with van der Waals surface area (Å²) in [4.78, 5) is 16.2. The van der Waals surface area contributed by atoms with Gasteiger partial charge in [0.05, 0.1) is 7.11 Å². The fourth-order valence-electron chi connectivity index (χ4n) is 2.99. The van der Waals surface area contributed by atoms with Gasteiger partial charge in [0.15, 0.2) is 0 Å². The number of nitrogens with zero attached hydrogens (tertiary/aromatic N) is 2. The Balaban J connectivity index is 1.85. The third-order valence-electron chi connectivity index (χ3n) is 4.62. The normalized spacial score (nSPS) is 16.5. The first-order valence-corrected chi connectivity index (χ1v) is 8.15. The van der Waals surface area contributed by atoms with E-state index in [0.717, 1.165) is 30.2 Å². The lowest BCUT2D eigenvalue weighted by atomic mass is 9.93. The van der Waals surface area contributed by atoms with Crippen LogP contribution < -0.4 is 4.74 Å². The van der Waals surface area contributed by atoms with Crippen LogP contribution in [-0.2, 0) is 11.3 Å². The van der Waals surface area contributed by atoms with E-state index < -0.39 is 0 Å². The van der Waals surface area contributed by atoms with E-state index in [2.05, 4.69) is 11.9 Å². The smallest absolute Gasteiger partial charge is 0.219 e. The van der Waals surface area contributed by atoms with Crippen LogP contribution in [0.25, 0.3) is 0 Å². The summed E-state index contributed by atoms with van der Waals surface area (Å²) in [6, 6.07) is 7.96. The molecule has 1 aliphatic heterocycles. The van der Waals surface area contributed by atoms with Crippen LogP contribution in [0, 0.1) is 5.92 Å². The minimum Gasteiger partial charge on any atom is -0.497 e. The molecule has 0 atom stereocenters. The van der Waals surface area contributed by atoms with Gasteiger partial charge in [-0.2, -0.15) is 0 Å². The van der Waals surface area contributed by atoms with Gasteiger partial charge < -0.3 is 14.5 Å². The molecular weight excluding hydrogens is 276 g/mol. The van der Waals surface area contributed by atoms with Crippen LogP contribution in [0.5, 0.6) is 5.75 Å². The lowest BCUT2D eigenvalue weighted by Gasteiger charge is -2.30. The highest BCUT2D eigenvalue weighted by atomic mass is 16.5. The van der Waals surface area contributed by atoms with Gasteiger partial charge >= 0.3 is 0 Å². The molecule has 0 spiro atoms. The van der Waals surface area contributed by atoms with Gasteiger partial charge in [-0.3, -0.25) is 4.79 Å². The zero-order valence-corrected chi connectivity index (χ0v) is 14.0. The number of amides is 1. The predicted octanol–water partition coefficient (Wildman–Crippen LogP) is 2.78. The first kappa shape index (κ1) is 16.8. The van der Waals surface area contributed by atoms with E-state index >= 15 is 0 Å². The van der Waals surface area contributed by atoms with E-state index in [1.807, 2.05) is 29.2 Å². The third kappa shape index (κ3) is 5.02. The molecule has 0 radical (unpaired) electrons. The maximum atomic E-state index is 11.9. The lowest BCUT2D eigenvalue weighted by molar-refractivity contribution is -0.129. The highest BCUT2D eigenvalue weighted by molar-refractivity contribution is 5.73. The van der Waals surface area contributed by atoms with Crippen molar-refractivity contribution in [3.05, 3.63) is 29.8 Å². The summed E-state index contributed by atoms with van der Waals surface area (Å²) in [5.74, 6) is 1.77. The summed E-state index contributed by atoms with van der Waals surface area (Å²) in [5.41, 5.74) is 1.15. The average Bonchev–Trinajstić information content (AvgIpc) is 2.53. The molecule has 0 N–H and O–H groups in total. The fourth-order valence-corrected chi connectivity index (χ4v) is 2.99. The van der Waals surface area contributed by atoms with Crippen molar-refractivity contribution >= 4 is 5.91 Å². The molecule has 0 aliphatic carbocycles. The number of hydrogen-bond donors (Lipinski definition) is 0. The monoisotopic (exact) mass is 304 g/mol. The van der Waals surface area contributed by atoms with Crippen LogP contribution in [0.2, 0.25) is 0 Å². The first-order chi connectivity index (χ1) is 10.6. The Hall–Kier alpha value is -1.55. The van der Waals surface area contributed by atoms with Gasteiger partial charge in [0, 0.05) is 20.0 Å². The molecule has 1 saturated heterocycles. The summed E-state index contributed by atoms with van der Waals surface area (Å²) in [6.45, 7) is 5.58. The molecule has 0 saturated carbocycles. The van der Waals surface area contributed by atoms with Crippen molar-refractivity contribution in [2.24, 2.45) is 5.92 Å². The Kier molecular flexibility index (Phi) is 6.25. The maximum Gasteiger partial charge on any atom is 0.219 e.